The molecule has 3 atom stereocenters. The maximum Gasteiger partial charge on any atom is 0.225 e. The van der Waals surface area contributed by atoms with Gasteiger partial charge in [-0.1, -0.05) is 23.9 Å². The van der Waals surface area contributed by atoms with Crippen molar-refractivity contribution in [1.29, 1.82) is 0 Å². The van der Waals surface area contributed by atoms with E-state index < -0.39 is 0 Å². The van der Waals surface area contributed by atoms with Gasteiger partial charge in [0.25, 0.3) is 0 Å². The van der Waals surface area contributed by atoms with Crippen molar-refractivity contribution in [3.05, 3.63) is 36.1 Å². The first kappa shape index (κ1) is 16.7. The molecule has 1 saturated carbocycles. The molecular formula is C19H22FN3OS. The van der Waals surface area contributed by atoms with Crippen molar-refractivity contribution in [2.24, 2.45) is 5.92 Å². The van der Waals surface area contributed by atoms with E-state index in [0.717, 1.165) is 40.6 Å². The van der Waals surface area contributed by atoms with Crippen LogP contribution in [0.2, 0.25) is 0 Å². The minimum absolute atomic E-state index is 0.0874. The molecular weight excluding hydrogens is 337 g/mol. The van der Waals surface area contributed by atoms with Gasteiger partial charge in [-0.05, 0) is 62.3 Å². The van der Waals surface area contributed by atoms with Crippen molar-refractivity contribution in [3.8, 4) is 0 Å². The highest BCUT2D eigenvalue weighted by Crippen LogP contribution is 2.42. The molecule has 6 heteroatoms. The fourth-order valence-corrected chi connectivity index (χ4v) is 4.94. The minimum atomic E-state index is -0.232. The van der Waals surface area contributed by atoms with Crippen LogP contribution in [0.1, 0.15) is 19.3 Å². The molecule has 4 nitrogen and oxygen atoms in total. The van der Waals surface area contributed by atoms with Gasteiger partial charge in [0.15, 0.2) is 5.50 Å². The predicted octanol–water partition coefficient (Wildman–Crippen LogP) is 3.63. The smallest absolute Gasteiger partial charge is 0.225 e. The van der Waals surface area contributed by atoms with Crippen molar-refractivity contribution in [1.82, 2.24) is 10.2 Å². The number of hydrogen-bond acceptors (Lipinski definition) is 4. The summed E-state index contributed by atoms with van der Waals surface area (Å²) < 4.78 is 13.4. The molecule has 132 valence electrons. The molecule has 1 aliphatic carbocycles. The van der Waals surface area contributed by atoms with Gasteiger partial charge in [0, 0.05) is 16.9 Å². The van der Waals surface area contributed by atoms with Gasteiger partial charge in [-0.3, -0.25) is 4.79 Å². The van der Waals surface area contributed by atoms with Crippen molar-refractivity contribution in [2.45, 2.75) is 35.7 Å². The lowest BCUT2D eigenvalue weighted by atomic mass is 10.1. The molecule has 2 N–H and O–H groups in total. The maximum atomic E-state index is 13.4. The number of hydrogen-bond donors (Lipinski definition) is 2. The summed E-state index contributed by atoms with van der Waals surface area (Å²) in [7, 11) is 4.15. The molecule has 1 unspecified atom stereocenters. The first-order chi connectivity index (χ1) is 12.0. The number of halogens is 1. The molecule has 0 radical (unpaired) electrons. The zero-order valence-electron chi connectivity index (χ0n) is 14.4. The molecule has 4 rings (SSSR count). The molecule has 0 bridgehead atoms. The maximum absolute atomic E-state index is 13.4. The van der Waals surface area contributed by atoms with Crippen LogP contribution in [0.15, 0.2) is 35.2 Å². The number of benzene rings is 2. The highest BCUT2D eigenvalue weighted by Gasteiger charge is 2.33. The number of carbonyl (C=O) groups is 1. The van der Waals surface area contributed by atoms with Crippen LogP contribution < -0.4 is 10.6 Å². The van der Waals surface area contributed by atoms with Crippen molar-refractivity contribution in [2.75, 3.05) is 19.4 Å². The van der Waals surface area contributed by atoms with E-state index in [0.29, 0.717) is 6.04 Å². The van der Waals surface area contributed by atoms with E-state index >= 15 is 0 Å². The first-order valence-electron chi connectivity index (χ1n) is 8.63. The van der Waals surface area contributed by atoms with Crippen LogP contribution in [0, 0.1) is 11.7 Å². The molecule has 1 amide bonds. The number of rotatable bonds is 3. The highest BCUT2D eigenvalue weighted by molar-refractivity contribution is 8.00. The standard InChI is InChI=1S/C19H22FN3OS/c1-23(2)14-6-3-12(10-14)18(24)22-19-21-16-8-4-11-9-13(20)5-7-15(11)17(16)25-19/h4-5,7-9,12,14,19,21H,3,6,10H2,1-2H3,(H,22,24)/t12-,14+,19?/m0/s1. The van der Waals surface area contributed by atoms with E-state index in [9.17, 15) is 9.18 Å². The summed E-state index contributed by atoms with van der Waals surface area (Å²) in [5.74, 6) is -0.0215. The van der Waals surface area contributed by atoms with Gasteiger partial charge in [-0.25, -0.2) is 4.39 Å². The summed E-state index contributed by atoms with van der Waals surface area (Å²) in [6.07, 6.45) is 2.94. The third-order valence-corrected chi connectivity index (χ3v) is 6.38. The van der Waals surface area contributed by atoms with Crippen LogP contribution in [-0.4, -0.2) is 36.4 Å². The molecule has 2 aliphatic rings. The van der Waals surface area contributed by atoms with E-state index in [-0.39, 0.29) is 23.1 Å². The zero-order chi connectivity index (χ0) is 17.6. The third kappa shape index (κ3) is 3.20. The van der Waals surface area contributed by atoms with E-state index in [1.165, 1.54) is 6.07 Å². The zero-order valence-corrected chi connectivity index (χ0v) is 15.2. The van der Waals surface area contributed by atoms with E-state index in [1.807, 2.05) is 12.1 Å². The quantitative estimate of drug-likeness (QED) is 0.878. The normalized spacial score (nSPS) is 25.2. The van der Waals surface area contributed by atoms with Crippen molar-refractivity contribution < 1.29 is 9.18 Å². The average molecular weight is 359 g/mol. The summed E-state index contributed by atoms with van der Waals surface area (Å²) in [5, 5.41) is 8.37. The number of nitrogens with one attached hydrogen (secondary N) is 2. The largest absolute Gasteiger partial charge is 0.356 e. The molecule has 25 heavy (non-hydrogen) atoms. The highest BCUT2D eigenvalue weighted by atomic mass is 32.2. The molecule has 1 heterocycles. The summed E-state index contributed by atoms with van der Waals surface area (Å²) in [6.45, 7) is 0. The van der Waals surface area contributed by atoms with Gasteiger partial charge in [0.05, 0.1) is 5.69 Å². The Balaban J connectivity index is 1.45. The molecule has 0 saturated heterocycles. The summed E-state index contributed by atoms with van der Waals surface area (Å²) in [5.41, 5.74) is 0.823. The Morgan fingerprint density at radius 1 is 1.28 bits per heavy atom. The number of carbonyl (C=O) groups excluding carboxylic acids is 1. The van der Waals surface area contributed by atoms with E-state index in [1.54, 1.807) is 23.9 Å². The molecule has 2 aromatic rings. The van der Waals surface area contributed by atoms with Crippen LogP contribution in [0.25, 0.3) is 10.8 Å². The second-order valence-corrected chi connectivity index (χ2v) is 8.20. The second kappa shape index (κ2) is 6.50. The van der Waals surface area contributed by atoms with Crippen molar-refractivity contribution >= 4 is 34.1 Å². The Hall–Kier alpha value is -1.79. The van der Waals surface area contributed by atoms with Gasteiger partial charge in [0.1, 0.15) is 5.82 Å². The molecule has 1 fully saturated rings. The summed E-state index contributed by atoms with van der Waals surface area (Å²) in [6, 6.07) is 9.19. The van der Waals surface area contributed by atoms with Crippen molar-refractivity contribution in [3.63, 3.8) is 0 Å². The fourth-order valence-electron chi connectivity index (χ4n) is 3.78. The van der Waals surface area contributed by atoms with Gasteiger partial charge in [0.2, 0.25) is 5.91 Å². The Bertz CT molecular complexity index is 826. The Labute approximate surface area is 151 Å². The van der Waals surface area contributed by atoms with Crippen LogP contribution in [0.5, 0.6) is 0 Å². The minimum Gasteiger partial charge on any atom is -0.356 e. The van der Waals surface area contributed by atoms with Crippen LogP contribution in [0.4, 0.5) is 10.1 Å². The van der Waals surface area contributed by atoms with Crippen LogP contribution in [-0.2, 0) is 4.79 Å². The van der Waals surface area contributed by atoms with Crippen LogP contribution >= 0.6 is 11.8 Å². The number of anilines is 1. The molecule has 0 spiro atoms. The SMILES string of the molecule is CN(C)[C@@H]1CC[C@H](C(=O)NC2Nc3ccc4cc(F)ccc4c3S2)C1. The van der Waals surface area contributed by atoms with Gasteiger partial charge >= 0.3 is 0 Å². The van der Waals surface area contributed by atoms with Gasteiger partial charge < -0.3 is 15.5 Å². The number of fused-ring (bicyclic) bond motifs is 3. The van der Waals surface area contributed by atoms with E-state index in [4.69, 9.17) is 0 Å². The number of thioether (sulfide) groups is 1. The number of nitrogens with zero attached hydrogens (tertiary/aromatic N) is 1. The van der Waals surface area contributed by atoms with Crippen LogP contribution in [0.3, 0.4) is 0 Å². The monoisotopic (exact) mass is 359 g/mol. The summed E-state index contributed by atoms with van der Waals surface area (Å²) in [4.78, 5) is 15.9. The first-order valence-corrected chi connectivity index (χ1v) is 9.51. The fraction of sp³-hybridized carbons (Fsp3) is 0.421. The Morgan fingerprint density at radius 3 is 2.88 bits per heavy atom. The number of amides is 1. The van der Waals surface area contributed by atoms with E-state index in [2.05, 4.69) is 29.6 Å². The lowest BCUT2D eigenvalue weighted by Crippen LogP contribution is -2.39. The van der Waals surface area contributed by atoms with Gasteiger partial charge in [-0.15, -0.1) is 0 Å². The molecule has 1 aliphatic heterocycles. The lowest BCUT2D eigenvalue weighted by molar-refractivity contribution is -0.124. The molecule has 0 aromatic heterocycles. The Kier molecular flexibility index (Phi) is 4.33. The lowest BCUT2D eigenvalue weighted by Gasteiger charge is -2.19. The summed E-state index contributed by atoms with van der Waals surface area (Å²) >= 11 is 1.59. The predicted molar refractivity (Wildman–Crippen MR) is 100 cm³/mol. The second-order valence-electron chi connectivity index (χ2n) is 7.09. The molecule has 2 aromatic carbocycles. The Morgan fingerprint density at radius 2 is 2.12 bits per heavy atom. The third-order valence-electron chi connectivity index (χ3n) is 5.23. The van der Waals surface area contributed by atoms with Gasteiger partial charge in [-0.2, -0.15) is 0 Å². The topological polar surface area (TPSA) is 44.4 Å². The average Bonchev–Trinajstić information content (AvgIpc) is 3.21.